The Balaban J connectivity index is 2.37. The third kappa shape index (κ3) is 4.12. The predicted molar refractivity (Wildman–Crippen MR) is 67.0 cm³/mol. The van der Waals surface area contributed by atoms with Crippen molar-refractivity contribution in [2.45, 2.75) is 65.0 Å². The van der Waals surface area contributed by atoms with Crippen LogP contribution in [-0.4, -0.2) is 18.0 Å². The van der Waals surface area contributed by atoms with Crippen LogP contribution >= 0.6 is 0 Å². The Kier molecular flexibility index (Phi) is 5.26. The van der Waals surface area contributed by atoms with Crippen molar-refractivity contribution in [3.05, 3.63) is 0 Å². The minimum atomic E-state index is -0.339. The fraction of sp³-hybridized carbons (Fsp3) is 0.923. The van der Waals surface area contributed by atoms with E-state index in [0.29, 0.717) is 17.9 Å². The highest BCUT2D eigenvalue weighted by Gasteiger charge is 2.25. The van der Waals surface area contributed by atoms with E-state index in [1.54, 1.807) is 0 Å². The lowest BCUT2D eigenvalue weighted by Crippen LogP contribution is -2.48. The van der Waals surface area contributed by atoms with Crippen molar-refractivity contribution in [2.24, 2.45) is 17.6 Å². The maximum absolute atomic E-state index is 11.9. The van der Waals surface area contributed by atoms with Gasteiger partial charge in [0.25, 0.3) is 0 Å². The molecule has 3 nitrogen and oxygen atoms in total. The quantitative estimate of drug-likeness (QED) is 0.771. The van der Waals surface area contributed by atoms with E-state index in [4.69, 9.17) is 5.73 Å². The van der Waals surface area contributed by atoms with E-state index in [0.717, 1.165) is 12.8 Å². The second kappa shape index (κ2) is 6.24. The smallest absolute Gasteiger partial charge is 0.237 e. The monoisotopic (exact) mass is 226 g/mol. The zero-order chi connectivity index (χ0) is 12.1. The van der Waals surface area contributed by atoms with Gasteiger partial charge in [0.1, 0.15) is 0 Å². The molecule has 0 aliphatic heterocycles. The van der Waals surface area contributed by atoms with E-state index in [1.165, 1.54) is 19.3 Å². The van der Waals surface area contributed by atoms with Crippen molar-refractivity contribution >= 4 is 5.91 Å². The molecule has 0 heterocycles. The van der Waals surface area contributed by atoms with Crippen LogP contribution in [0.4, 0.5) is 0 Å². The fourth-order valence-electron chi connectivity index (χ4n) is 2.44. The normalized spacial score (nSPS) is 27.8. The molecule has 1 fully saturated rings. The SMILES string of the molecule is CC(C)CC(N)C(=O)NC1CCCCC1C. The Morgan fingerprint density at radius 1 is 1.38 bits per heavy atom. The average molecular weight is 226 g/mol. The number of hydrogen-bond acceptors (Lipinski definition) is 2. The molecule has 0 aromatic carbocycles. The minimum Gasteiger partial charge on any atom is -0.352 e. The Bertz CT molecular complexity index is 228. The Morgan fingerprint density at radius 2 is 2.00 bits per heavy atom. The number of nitrogens with two attached hydrogens (primary N) is 1. The first kappa shape index (κ1) is 13.5. The molecule has 0 bridgehead atoms. The van der Waals surface area contributed by atoms with Gasteiger partial charge in [-0.15, -0.1) is 0 Å². The largest absolute Gasteiger partial charge is 0.352 e. The molecule has 16 heavy (non-hydrogen) atoms. The molecule has 3 N–H and O–H groups in total. The van der Waals surface area contributed by atoms with Crippen molar-refractivity contribution in [3.8, 4) is 0 Å². The summed E-state index contributed by atoms with van der Waals surface area (Å²) in [6, 6.07) is 0.00795. The third-order valence-electron chi connectivity index (χ3n) is 3.50. The van der Waals surface area contributed by atoms with Gasteiger partial charge in [0.2, 0.25) is 5.91 Å². The molecule has 0 radical (unpaired) electrons. The number of rotatable bonds is 4. The van der Waals surface area contributed by atoms with Crippen molar-refractivity contribution in [3.63, 3.8) is 0 Å². The zero-order valence-electron chi connectivity index (χ0n) is 10.8. The van der Waals surface area contributed by atoms with Crippen LogP contribution in [0.25, 0.3) is 0 Å². The van der Waals surface area contributed by atoms with Crippen molar-refractivity contribution in [1.29, 1.82) is 0 Å². The number of hydrogen-bond donors (Lipinski definition) is 2. The lowest BCUT2D eigenvalue weighted by Gasteiger charge is -2.30. The lowest BCUT2D eigenvalue weighted by atomic mass is 9.85. The maximum atomic E-state index is 11.9. The minimum absolute atomic E-state index is 0.0347. The maximum Gasteiger partial charge on any atom is 0.237 e. The lowest BCUT2D eigenvalue weighted by molar-refractivity contribution is -0.124. The standard InChI is InChI=1S/C13H26N2O/c1-9(2)8-11(14)13(16)15-12-7-5-4-6-10(12)3/h9-12H,4-8,14H2,1-3H3,(H,15,16). The highest BCUT2D eigenvalue weighted by Crippen LogP contribution is 2.23. The van der Waals surface area contributed by atoms with Crippen LogP contribution in [0.2, 0.25) is 0 Å². The molecule has 0 aromatic heterocycles. The first-order valence-corrected chi connectivity index (χ1v) is 6.56. The summed E-state index contributed by atoms with van der Waals surface area (Å²) >= 11 is 0. The molecule has 1 aliphatic carbocycles. The number of nitrogens with one attached hydrogen (secondary N) is 1. The van der Waals surface area contributed by atoms with Gasteiger partial charge in [0.05, 0.1) is 6.04 Å². The van der Waals surface area contributed by atoms with Crippen LogP contribution in [0.15, 0.2) is 0 Å². The number of amides is 1. The van der Waals surface area contributed by atoms with Crippen LogP contribution in [-0.2, 0) is 4.79 Å². The molecule has 94 valence electrons. The molecule has 1 rings (SSSR count). The summed E-state index contributed by atoms with van der Waals surface area (Å²) in [4.78, 5) is 11.9. The second-order valence-corrected chi connectivity index (χ2v) is 5.61. The Morgan fingerprint density at radius 3 is 2.56 bits per heavy atom. The summed E-state index contributed by atoms with van der Waals surface area (Å²) in [6.45, 7) is 6.41. The first-order valence-electron chi connectivity index (χ1n) is 6.56. The van der Waals surface area contributed by atoms with Crippen molar-refractivity contribution in [2.75, 3.05) is 0 Å². The number of carbonyl (C=O) groups excluding carboxylic acids is 1. The van der Waals surface area contributed by atoms with Gasteiger partial charge in [-0.2, -0.15) is 0 Å². The molecule has 1 saturated carbocycles. The summed E-state index contributed by atoms with van der Waals surface area (Å²) < 4.78 is 0. The Hall–Kier alpha value is -0.570. The molecular weight excluding hydrogens is 200 g/mol. The number of carbonyl (C=O) groups is 1. The molecule has 1 amide bonds. The van der Waals surface area contributed by atoms with Gasteiger partial charge in [-0.05, 0) is 31.1 Å². The van der Waals surface area contributed by atoms with Gasteiger partial charge >= 0.3 is 0 Å². The first-order chi connectivity index (χ1) is 7.50. The molecular formula is C13H26N2O. The van der Waals surface area contributed by atoms with Crippen LogP contribution in [0.3, 0.4) is 0 Å². The third-order valence-corrected chi connectivity index (χ3v) is 3.50. The zero-order valence-corrected chi connectivity index (χ0v) is 10.8. The highest BCUT2D eigenvalue weighted by molar-refractivity contribution is 5.81. The van der Waals surface area contributed by atoms with Crippen LogP contribution in [0.1, 0.15) is 52.9 Å². The van der Waals surface area contributed by atoms with Crippen LogP contribution in [0, 0.1) is 11.8 Å². The summed E-state index contributed by atoms with van der Waals surface area (Å²) in [5.41, 5.74) is 5.87. The van der Waals surface area contributed by atoms with Gasteiger partial charge in [-0.25, -0.2) is 0 Å². The highest BCUT2D eigenvalue weighted by atomic mass is 16.2. The van der Waals surface area contributed by atoms with Gasteiger partial charge in [0, 0.05) is 6.04 Å². The molecule has 3 heteroatoms. The van der Waals surface area contributed by atoms with E-state index < -0.39 is 0 Å². The molecule has 0 aromatic rings. The molecule has 0 saturated heterocycles. The van der Waals surface area contributed by atoms with Crippen molar-refractivity contribution in [1.82, 2.24) is 5.32 Å². The topological polar surface area (TPSA) is 55.1 Å². The van der Waals surface area contributed by atoms with E-state index in [-0.39, 0.29) is 11.9 Å². The average Bonchev–Trinajstić information content (AvgIpc) is 2.20. The fourth-order valence-corrected chi connectivity index (χ4v) is 2.44. The summed E-state index contributed by atoms with van der Waals surface area (Å²) in [6.07, 6.45) is 5.64. The van der Waals surface area contributed by atoms with Gasteiger partial charge in [-0.1, -0.05) is 33.6 Å². The summed E-state index contributed by atoms with van der Waals surface area (Å²) in [5.74, 6) is 1.11. The molecule has 1 aliphatic rings. The predicted octanol–water partition coefficient (Wildman–Crippen LogP) is 2.05. The van der Waals surface area contributed by atoms with Gasteiger partial charge in [0.15, 0.2) is 0 Å². The van der Waals surface area contributed by atoms with Crippen LogP contribution < -0.4 is 11.1 Å². The van der Waals surface area contributed by atoms with E-state index in [9.17, 15) is 4.79 Å². The van der Waals surface area contributed by atoms with E-state index in [1.807, 2.05) is 0 Å². The Labute approximate surface area is 99.2 Å². The summed E-state index contributed by atoms with van der Waals surface area (Å²) in [7, 11) is 0. The van der Waals surface area contributed by atoms with Crippen LogP contribution in [0.5, 0.6) is 0 Å². The van der Waals surface area contributed by atoms with Gasteiger partial charge < -0.3 is 11.1 Å². The van der Waals surface area contributed by atoms with Gasteiger partial charge in [-0.3, -0.25) is 4.79 Å². The second-order valence-electron chi connectivity index (χ2n) is 5.61. The molecule has 3 atom stereocenters. The summed E-state index contributed by atoms with van der Waals surface area (Å²) in [5, 5.41) is 3.11. The van der Waals surface area contributed by atoms with E-state index >= 15 is 0 Å². The van der Waals surface area contributed by atoms with Crippen molar-refractivity contribution < 1.29 is 4.79 Å². The molecule has 3 unspecified atom stereocenters. The molecule has 0 spiro atoms. The van der Waals surface area contributed by atoms with E-state index in [2.05, 4.69) is 26.1 Å².